The van der Waals surface area contributed by atoms with Crippen LogP contribution in [0.5, 0.6) is 0 Å². The van der Waals surface area contributed by atoms with Crippen LogP contribution in [0.1, 0.15) is 19.8 Å². The Kier molecular flexibility index (Phi) is 3.07. The maximum Gasteiger partial charge on any atom is 0.0624 e. The lowest BCUT2D eigenvalue weighted by Crippen LogP contribution is -2.50. The fraction of sp³-hybridized carbons (Fsp3) is 1.00. The zero-order valence-electron chi connectivity index (χ0n) is 8.78. The van der Waals surface area contributed by atoms with Gasteiger partial charge < -0.3 is 10.5 Å². The van der Waals surface area contributed by atoms with Crippen molar-refractivity contribution < 1.29 is 4.74 Å². The Morgan fingerprint density at radius 2 is 2.14 bits per heavy atom. The van der Waals surface area contributed by atoms with Gasteiger partial charge in [0.2, 0.25) is 0 Å². The minimum absolute atomic E-state index is 0.250. The lowest BCUT2D eigenvalue weighted by molar-refractivity contribution is 0.0735. The molecule has 1 spiro atoms. The Balaban J connectivity index is 1.94. The Morgan fingerprint density at radius 3 is 2.57 bits per heavy atom. The normalized spacial score (nSPS) is 34.9. The molecule has 2 atom stereocenters. The summed E-state index contributed by atoms with van der Waals surface area (Å²) >= 11 is 4.46. The van der Waals surface area contributed by atoms with Gasteiger partial charge in [0.05, 0.1) is 13.2 Å². The third-order valence-electron chi connectivity index (χ3n) is 3.80. The van der Waals surface area contributed by atoms with Crippen LogP contribution in [0.4, 0.5) is 0 Å². The number of hydrogen-bond acceptors (Lipinski definition) is 4. The zero-order chi connectivity index (χ0) is 10.2. The third-order valence-corrected chi connectivity index (χ3v) is 4.12. The van der Waals surface area contributed by atoms with Crippen molar-refractivity contribution in [1.82, 2.24) is 4.90 Å². The van der Waals surface area contributed by atoms with Crippen molar-refractivity contribution in [3.63, 3.8) is 0 Å². The van der Waals surface area contributed by atoms with E-state index in [2.05, 4.69) is 24.5 Å². The Labute approximate surface area is 91.4 Å². The van der Waals surface area contributed by atoms with Crippen molar-refractivity contribution in [2.24, 2.45) is 11.1 Å². The van der Waals surface area contributed by atoms with Gasteiger partial charge in [-0.05, 0) is 32.9 Å². The van der Waals surface area contributed by atoms with Crippen molar-refractivity contribution in [3.8, 4) is 0 Å². The minimum Gasteiger partial charge on any atom is -0.379 e. The second kappa shape index (κ2) is 4.00. The first-order valence-corrected chi connectivity index (χ1v) is 5.91. The van der Waals surface area contributed by atoms with E-state index >= 15 is 0 Å². The number of piperidine rings is 1. The van der Waals surface area contributed by atoms with E-state index in [1.165, 1.54) is 12.8 Å². The fourth-order valence-corrected chi connectivity index (χ4v) is 2.76. The van der Waals surface area contributed by atoms with E-state index in [1.54, 1.807) is 0 Å². The average molecular weight is 216 g/mol. The van der Waals surface area contributed by atoms with Crippen LogP contribution in [0.3, 0.4) is 0 Å². The van der Waals surface area contributed by atoms with Gasteiger partial charge in [0.25, 0.3) is 0 Å². The second-order valence-corrected chi connectivity index (χ2v) is 5.40. The van der Waals surface area contributed by atoms with Crippen molar-refractivity contribution in [1.29, 1.82) is 0 Å². The summed E-state index contributed by atoms with van der Waals surface area (Å²) in [5.41, 5.74) is 6.38. The molecule has 2 aliphatic heterocycles. The summed E-state index contributed by atoms with van der Waals surface area (Å²) in [4.78, 5) is 2.40. The predicted octanol–water partition coefficient (Wildman–Crippen LogP) is 0.702. The molecule has 3 nitrogen and oxygen atoms in total. The lowest BCUT2D eigenvalue weighted by Gasteiger charge is -2.41. The largest absolute Gasteiger partial charge is 0.379 e. The first-order chi connectivity index (χ1) is 6.64. The van der Waals surface area contributed by atoms with Gasteiger partial charge in [-0.25, -0.2) is 0 Å². The first kappa shape index (κ1) is 10.7. The number of rotatable bonds is 1. The highest BCUT2D eigenvalue weighted by molar-refractivity contribution is 7.80. The molecule has 0 aromatic carbocycles. The standard InChI is InChI=1S/C10H20N2OS/c1-8(14)12-4-2-10(3-5-12)7-13-6-9(10)11/h8-9,14H,2-7,11H2,1H3/t8?,9-/m1/s1. The molecule has 0 bridgehead atoms. The molecular weight excluding hydrogens is 196 g/mol. The van der Waals surface area contributed by atoms with Crippen LogP contribution >= 0.6 is 12.6 Å². The van der Waals surface area contributed by atoms with Crippen molar-refractivity contribution in [2.75, 3.05) is 26.3 Å². The maximum absolute atomic E-state index is 6.10. The fourth-order valence-electron chi connectivity index (χ4n) is 2.53. The van der Waals surface area contributed by atoms with E-state index in [0.29, 0.717) is 5.37 Å². The van der Waals surface area contributed by atoms with Crippen LogP contribution in [0.25, 0.3) is 0 Å². The van der Waals surface area contributed by atoms with Crippen LogP contribution in [-0.4, -0.2) is 42.6 Å². The number of likely N-dealkylation sites (tertiary alicyclic amines) is 1. The monoisotopic (exact) mass is 216 g/mol. The number of hydrogen-bond donors (Lipinski definition) is 2. The molecule has 0 radical (unpaired) electrons. The van der Waals surface area contributed by atoms with Gasteiger partial charge in [-0.1, -0.05) is 0 Å². The van der Waals surface area contributed by atoms with Gasteiger partial charge in [0.1, 0.15) is 0 Å². The number of nitrogens with two attached hydrogens (primary N) is 1. The highest BCUT2D eigenvalue weighted by Crippen LogP contribution is 2.38. The van der Waals surface area contributed by atoms with Gasteiger partial charge in [-0.2, -0.15) is 12.6 Å². The van der Waals surface area contributed by atoms with Gasteiger partial charge in [0, 0.05) is 16.8 Å². The van der Waals surface area contributed by atoms with Crippen molar-refractivity contribution in [2.45, 2.75) is 31.2 Å². The predicted molar refractivity (Wildman–Crippen MR) is 60.5 cm³/mol. The summed E-state index contributed by atoms with van der Waals surface area (Å²) in [6.07, 6.45) is 2.33. The summed E-state index contributed by atoms with van der Waals surface area (Å²) in [7, 11) is 0. The molecule has 2 aliphatic rings. The summed E-state index contributed by atoms with van der Waals surface area (Å²) in [6.45, 7) is 5.97. The zero-order valence-corrected chi connectivity index (χ0v) is 9.67. The van der Waals surface area contributed by atoms with E-state index < -0.39 is 0 Å². The molecule has 2 fully saturated rings. The number of thiol groups is 1. The molecule has 0 amide bonds. The number of nitrogens with zero attached hydrogens (tertiary/aromatic N) is 1. The van der Waals surface area contributed by atoms with Crippen LogP contribution in [0.2, 0.25) is 0 Å². The summed E-state index contributed by atoms with van der Waals surface area (Å²) in [5, 5.41) is 0.367. The van der Waals surface area contributed by atoms with E-state index in [-0.39, 0.29) is 11.5 Å². The van der Waals surface area contributed by atoms with E-state index in [1.807, 2.05) is 0 Å². The van der Waals surface area contributed by atoms with Crippen molar-refractivity contribution in [3.05, 3.63) is 0 Å². The van der Waals surface area contributed by atoms with Gasteiger partial charge in [-0.15, -0.1) is 0 Å². The quantitative estimate of drug-likeness (QED) is 0.634. The molecule has 14 heavy (non-hydrogen) atoms. The Morgan fingerprint density at radius 1 is 1.50 bits per heavy atom. The highest BCUT2D eigenvalue weighted by Gasteiger charge is 2.44. The smallest absolute Gasteiger partial charge is 0.0624 e. The molecule has 0 aliphatic carbocycles. The maximum atomic E-state index is 6.10. The lowest BCUT2D eigenvalue weighted by atomic mass is 9.75. The summed E-state index contributed by atoms with van der Waals surface area (Å²) < 4.78 is 5.48. The molecule has 1 unspecified atom stereocenters. The van der Waals surface area contributed by atoms with Crippen LogP contribution in [0, 0.1) is 5.41 Å². The molecule has 4 heteroatoms. The van der Waals surface area contributed by atoms with Gasteiger partial charge >= 0.3 is 0 Å². The molecule has 82 valence electrons. The molecule has 0 saturated carbocycles. The molecule has 2 rings (SSSR count). The van der Waals surface area contributed by atoms with Crippen LogP contribution in [-0.2, 0) is 4.74 Å². The van der Waals surface area contributed by atoms with E-state index in [9.17, 15) is 0 Å². The Bertz CT molecular complexity index is 202. The first-order valence-electron chi connectivity index (χ1n) is 5.39. The second-order valence-electron chi connectivity index (χ2n) is 4.65. The van der Waals surface area contributed by atoms with Crippen LogP contribution in [0.15, 0.2) is 0 Å². The van der Waals surface area contributed by atoms with Crippen LogP contribution < -0.4 is 5.73 Å². The molecule has 0 aromatic rings. The molecule has 0 aromatic heterocycles. The molecule has 2 saturated heterocycles. The van der Waals surface area contributed by atoms with Gasteiger partial charge in [0.15, 0.2) is 0 Å². The van der Waals surface area contributed by atoms with Crippen molar-refractivity contribution >= 4 is 12.6 Å². The minimum atomic E-state index is 0.250. The number of ether oxygens (including phenoxy) is 1. The Hall–Kier alpha value is 0.230. The molecular formula is C10H20N2OS. The third kappa shape index (κ3) is 1.81. The van der Waals surface area contributed by atoms with E-state index in [0.717, 1.165) is 26.3 Å². The summed E-state index contributed by atoms with van der Waals surface area (Å²) in [6, 6.07) is 0.250. The van der Waals surface area contributed by atoms with E-state index in [4.69, 9.17) is 10.5 Å². The SMILES string of the molecule is CC(S)N1CCC2(CC1)COC[C@H]2N. The van der Waals surface area contributed by atoms with Gasteiger partial charge in [-0.3, -0.25) is 4.90 Å². The topological polar surface area (TPSA) is 38.5 Å². The molecule has 2 N–H and O–H groups in total. The highest BCUT2D eigenvalue weighted by atomic mass is 32.1. The summed E-state index contributed by atoms with van der Waals surface area (Å²) in [5.74, 6) is 0. The average Bonchev–Trinajstić information content (AvgIpc) is 2.49. The molecule has 2 heterocycles.